The highest BCUT2D eigenvalue weighted by Gasteiger charge is 2.46. The molecule has 0 saturated heterocycles. The van der Waals surface area contributed by atoms with Crippen LogP contribution in [-0.2, 0) is 32.4 Å². The average Bonchev–Trinajstić information content (AvgIpc) is 3.14. The molecule has 1 unspecified atom stereocenters. The lowest BCUT2D eigenvalue weighted by Crippen LogP contribution is -2.53. The van der Waals surface area contributed by atoms with E-state index in [9.17, 15) is 0 Å². The van der Waals surface area contributed by atoms with Gasteiger partial charge in [-0.25, -0.2) is 0 Å². The molecule has 3 aromatic carbocycles. The Kier molecular flexibility index (Phi) is 5.11. The standard InChI is InChI=1S/C35H32N2/c1-3-10-26-17-19-36-23-35(21-28-12-5-8-15-31(28)33(36)25(26)2)22-29-13-6-9-16-32(29)34-30-14-7-4-11-27(30)18-20-37(34)24-35/h3-9,11-20H,1,10,21-24H2,2H3/q+2. The Balaban J connectivity index is 1.48. The molecule has 7 rings (SSSR count). The highest BCUT2D eigenvalue weighted by molar-refractivity contribution is 5.93. The van der Waals surface area contributed by atoms with E-state index in [1.54, 1.807) is 0 Å². The third-order valence-electron chi connectivity index (χ3n) is 8.57. The van der Waals surface area contributed by atoms with Gasteiger partial charge in [0, 0.05) is 23.3 Å². The molecule has 180 valence electrons. The lowest BCUT2D eigenvalue weighted by Gasteiger charge is -2.26. The van der Waals surface area contributed by atoms with Crippen LogP contribution in [0.2, 0.25) is 0 Å². The molecule has 4 heterocycles. The molecule has 0 N–H and O–H groups in total. The molecule has 0 aliphatic carbocycles. The number of aromatic nitrogens is 2. The molecule has 1 atom stereocenters. The van der Waals surface area contributed by atoms with Crippen LogP contribution in [0.4, 0.5) is 0 Å². The van der Waals surface area contributed by atoms with Gasteiger partial charge in [-0.2, -0.15) is 9.13 Å². The van der Waals surface area contributed by atoms with E-state index in [1.807, 2.05) is 6.08 Å². The summed E-state index contributed by atoms with van der Waals surface area (Å²) >= 11 is 0. The van der Waals surface area contributed by atoms with Gasteiger partial charge in [0.05, 0.1) is 16.4 Å². The maximum absolute atomic E-state index is 4.01. The van der Waals surface area contributed by atoms with Crippen molar-refractivity contribution in [2.75, 3.05) is 0 Å². The van der Waals surface area contributed by atoms with Gasteiger partial charge in [-0.3, -0.25) is 0 Å². The number of hydrogen-bond acceptors (Lipinski definition) is 0. The minimum absolute atomic E-state index is 0.0485. The van der Waals surface area contributed by atoms with Crippen molar-refractivity contribution in [2.45, 2.75) is 39.3 Å². The molecule has 2 nitrogen and oxygen atoms in total. The summed E-state index contributed by atoms with van der Waals surface area (Å²) in [4.78, 5) is 0. The smallest absolute Gasteiger partial charge is 0.197 e. The van der Waals surface area contributed by atoms with Gasteiger partial charge < -0.3 is 0 Å². The van der Waals surface area contributed by atoms with E-state index in [4.69, 9.17) is 0 Å². The Hall–Kier alpha value is -4.04. The molecule has 0 radical (unpaired) electrons. The predicted octanol–water partition coefficient (Wildman–Crippen LogP) is 6.58. The number of fused-ring (bicyclic) bond motifs is 8. The average molecular weight is 481 g/mol. The molecule has 0 bridgehead atoms. The summed E-state index contributed by atoms with van der Waals surface area (Å²) in [6.45, 7) is 8.26. The summed E-state index contributed by atoms with van der Waals surface area (Å²) in [5, 5.41) is 2.64. The predicted molar refractivity (Wildman–Crippen MR) is 150 cm³/mol. The van der Waals surface area contributed by atoms with E-state index < -0.39 is 0 Å². The molecule has 2 aromatic heterocycles. The zero-order valence-electron chi connectivity index (χ0n) is 21.5. The molecule has 0 amide bonds. The van der Waals surface area contributed by atoms with Gasteiger partial charge in [0.1, 0.15) is 0 Å². The van der Waals surface area contributed by atoms with Crippen LogP contribution in [0.3, 0.4) is 0 Å². The minimum atomic E-state index is 0.0485. The van der Waals surface area contributed by atoms with Crippen LogP contribution in [-0.4, -0.2) is 0 Å². The normalized spacial score (nSPS) is 17.8. The van der Waals surface area contributed by atoms with E-state index in [0.717, 1.165) is 32.4 Å². The molecular formula is C35H32N2+2. The van der Waals surface area contributed by atoms with Crippen molar-refractivity contribution < 1.29 is 9.13 Å². The molecule has 2 aliphatic heterocycles. The van der Waals surface area contributed by atoms with E-state index in [1.165, 1.54) is 55.5 Å². The monoisotopic (exact) mass is 480 g/mol. The molecule has 37 heavy (non-hydrogen) atoms. The molecule has 1 spiro atoms. The summed E-state index contributed by atoms with van der Waals surface area (Å²) in [6.07, 6.45) is 9.67. The minimum Gasteiger partial charge on any atom is -0.197 e. The number of nitrogens with zero attached hydrogens (tertiary/aromatic N) is 2. The SMILES string of the molecule is C=CCc1cc[n+]2c(c1C)-c1ccccc1CC1(Cc3ccccc3-c3c4ccccc4cc[n+]3C1)C2. The van der Waals surface area contributed by atoms with Crippen molar-refractivity contribution in [1.29, 1.82) is 0 Å². The van der Waals surface area contributed by atoms with E-state index in [-0.39, 0.29) is 5.41 Å². The number of pyridine rings is 2. The van der Waals surface area contributed by atoms with Gasteiger partial charge in [-0.1, -0.05) is 60.7 Å². The summed E-state index contributed by atoms with van der Waals surface area (Å²) < 4.78 is 5.09. The molecule has 2 heteroatoms. The maximum Gasteiger partial charge on any atom is 0.220 e. The first-order valence-corrected chi connectivity index (χ1v) is 13.4. The van der Waals surface area contributed by atoms with Crippen molar-refractivity contribution in [3.05, 3.63) is 132 Å². The Morgan fingerprint density at radius 2 is 1.32 bits per heavy atom. The number of benzene rings is 3. The first kappa shape index (κ1) is 22.2. The van der Waals surface area contributed by atoms with Crippen LogP contribution in [0.15, 0.2) is 110 Å². The summed E-state index contributed by atoms with van der Waals surface area (Å²) in [5.41, 5.74) is 11.2. The van der Waals surface area contributed by atoms with Gasteiger partial charge in [-0.15, -0.1) is 6.58 Å². The quantitative estimate of drug-likeness (QED) is 0.199. The maximum atomic E-state index is 4.01. The van der Waals surface area contributed by atoms with Gasteiger partial charge in [0.15, 0.2) is 25.5 Å². The Morgan fingerprint density at radius 1 is 0.730 bits per heavy atom. The number of rotatable bonds is 2. The first-order chi connectivity index (χ1) is 18.2. The fraction of sp³-hybridized carbons (Fsp3) is 0.200. The third kappa shape index (κ3) is 3.54. The zero-order chi connectivity index (χ0) is 25.0. The molecule has 0 fully saturated rings. The van der Waals surface area contributed by atoms with E-state index in [0.29, 0.717) is 0 Å². The lowest BCUT2D eigenvalue weighted by atomic mass is 9.76. The van der Waals surface area contributed by atoms with Crippen LogP contribution in [0.25, 0.3) is 33.3 Å². The van der Waals surface area contributed by atoms with Crippen LogP contribution in [0.1, 0.15) is 22.3 Å². The Bertz CT molecular complexity index is 1700. The van der Waals surface area contributed by atoms with Crippen molar-refractivity contribution >= 4 is 10.8 Å². The first-order valence-electron chi connectivity index (χ1n) is 13.4. The van der Waals surface area contributed by atoms with Gasteiger partial charge in [0.25, 0.3) is 0 Å². The largest absolute Gasteiger partial charge is 0.220 e. The van der Waals surface area contributed by atoms with Crippen molar-refractivity contribution in [3.63, 3.8) is 0 Å². The van der Waals surface area contributed by atoms with Crippen molar-refractivity contribution in [3.8, 4) is 22.5 Å². The second-order valence-corrected chi connectivity index (χ2v) is 11.0. The fourth-order valence-electron chi connectivity index (χ4n) is 6.98. The van der Waals surface area contributed by atoms with Crippen molar-refractivity contribution in [1.82, 2.24) is 0 Å². The molecule has 0 saturated carbocycles. The van der Waals surface area contributed by atoms with Crippen LogP contribution in [0, 0.1) is 12.3 Å². The summed E-state index contributed by atoms with van der Waals surface area (Å²) in [5.74, 6) is 0. The van der Waals surface area contributed by atoms with Crippen LogP contribution < -0.4 is 9.13 Å². The lowest BCUT2D eigenvalue weighted by molar-refractivity contribution is -0.737. The summed E-state index contributed by atoms with van der Waals surface area (Å²) in [7, 11) is 0. The van der Waals surface area contributed by atoms with Crippen LogP contribution in [0.5, 0.6) is 0 Å². The Labute approximate surface area is 219 Å². The van der Waals surface area contributed by atoms with Crippen LogP contribution >= 0.6 is 0 Å². The van der Waals surface area contributed by atoms with Gasteiger partial charge >= 0.3 is 0 Å². The number of hydrogen-bond donors (Lipinski definition) is 0. The number of allylic oxidation sites excluding steroid dienone is 1. The van der Waals surface area contributed by atoms with Gasteiger partial charge in [-0.05, 0) is 66.5 Å². The van der Waals surface area contributed by atoms with Crippen molar-refractivity contribution in [2.24, 2.45) is 5.41 Å². The zero-order valence-corrected chi connectivity index (χ0v) is 21.5. The summed E-state index contributed by atoms with van der Waals surface area (Å²) in [6, 6.07) is 31.6. The van der Waals surface area contributed by atoms with E-state index in [2.05, 4.69) is 120 Å². The molecule has 2 aliphatic rings. The third-order valence-corrected chi connectivity index (χ3v) is 8.57. The topological polar surface area (TPSA) is 7.76 Å². The second kappa shape index (κ2) is 8.52. The molecule has 5 aromatic rings. The fourth-order valence-corrected chi connectivity index (χ4v) is 6.98. The Morgan fingerprint density at radius 3 is 2.05 bits per heavy atom. The molecular weight excluding hydrogens is 448 g/mol. The van der Waals surface area contributed by atoms with Gasteiger partial charge in [0.2, 0.25) is 11.4 Å². The second-order valence-electron chi connectivity index (χ2n) is 11.0. The highest BCUT2D eigenvalue weighted by Crippen LogP contribution is 2.42. The highest BCUT2D eigenvalue weighted by atomic mass is 15.0. The van der Waals surface area contributed by atoms with E-state index >= 15 is 0 Å².